The summed E-state index contributed by atoms with van der Waals surface area (Å²) < 4.78 is 6.10. The first kappa shape index (κ1) is 39.4. The molecule has 7 unspecified atom stereocenters. The molecular weight excluding hydrogens is 588 g/mol. The largest absolute Gasteiger partial charge is 0.462 e. The number of aliphatic hydroxyl groups is 1. The Morgan fingerprint density at radius 1 is 0.896 bits per heavy atom. The van der Waals surface area contributed by atoms with E-state index in [1.165, 1.54) is 77.0 Å². The lowest BCUT2D eigenvalue weighted by atomic mass is 9.47. The molecule has 0 saturated heterocycles. The molecule has 0 heterocycles. The van der Waals surface area contributed by atoms with Gasteiger partial charge in [0.05, 0.1) is 6.10 Å². The van der Waals surface area contributed by atoms with Crippen LogP contribution in [0.3, 0.4) is 0 Å². The Kier molecular flexibility index (Phi) is 15.9. The molecule has 1 N–H and O–H groups in total. The topological polar surface area (TPSA) is 46.5 Å². The monoisotopic (exact) mass is 665 g/mol. The summed E-state index contributed by atoms with van der Waals surface area (Å²) in [6.45, 7) is 14.8. The number of carbonyl (C=O) groups is 1. The molecule has 4 aliphatic carbocycles. The van der Waals surface area contributed by atoms with Crippen molar-refractivity contribution in [2.45, 2.75) is 195 Å². The van der Waals surface area contributed by atoms with E-state index in [0.29, 0.717) is 17.3 Å². The van der Waals surface area contributed by atoms with Crippen LogP contribution in [0.15, 0.2) is 36.0 Å². The summed E-state index contributed by atoms with van der Waals surface area (Å²) in [5, 5.41) is 10.2. The summed E-state index contributed by atoms with van der Waals surface area (Å²) in [5.41, 5.74) is 2.46. The zero-order chi connectivity index (χ0) is 34.6. The molecule has 0 aromatic rings. The lowest BCUT2D eigenvalue weighted by molar-refractivity contribution is -0.151. The summed E-state index contributed by atoms with van der Waals surface area (Å²) in [4.78, 5) is 12.8. The second kappa shape index (κ2) is 19.3. The van der Waals surface area contributed by atoms with Crippen molar-refractivity contribution in [3.05, 3.63) is 36.0 Å². The van der Waals surface area contributed by atoms with Gasteiger partial charge in [0.15, 0.2) is 0 Å². The minimum Gasteiger partial charge on any atom is -0.462 e. The molecule has 0 aromatic heterocycles. The van der Waals surface area contributed by atoms with Crippen molar-refractivity contribution in [3.63, 3.8) is 0 Å². The molecule has 48 heavy (non-hydrogen) atoms. The fourth-order valence-corrected chi connectivity index (χ4v) is 11.1. The minimum atomic E-state index is -0.353. The maximum absolute atomic E-state index is 12.8. The van der Waals surface area contributed by atoms with Crippen LogP contribution in [0.5, 0.6) is 0 Å². The molecule has 0 spiro atoms. The Balaban J connectivity index is 1.13. The third-order valence-electron chi connectivity index (χ3n) is 14.0. The highest BCUT2D eigenvalue weighted by Gasteiger charge is 2.59. The number of fused-ring (bicyclic) bond motifs is 5. The zero-order valence-corrected chi connectivity index (χ0v) is 32.3. The average molecular weight is 665 g/mol. The standard InChI is InChI=1S/C45H76O3/c1-7-8-9-10-11-13-16-22-37(46)23-17-14-12-15-18-24-43(47)48-38-29-31-44(5)36(33-38)25-26-39-41-28-27-40(35(4)21-19-20-34(2)3)45(41,6)32-30-42(39)44/h11,13,16,22,25,34-35,37-42,46H,7-10,12,14-15,17-21,23-24,26-33H2,1-6H3/b13-11-,22-16+/t35?,37?,38?,39?,40?,41?,42?,44-,45+/m0/s1. The second-order valence-corrected chi connectivity index (χ2v) is 17.8. The third-order valence-corrected chi connectivity index (χ3v) is 14.0. The van der Waals surface area contributed by atoms with Gasteiger partial charge in [-0.3, -0.25) is 4.79 Å². The molecule has 3 nitrogen and oxygen atoms in total. The molecule has 9 atom stereocenters. The van der Waals surface area contributed by atoms with E-state index >= 15 is 0 Å². The Bertz CT molecular complexity index is 1050. The highest BCUT2D eigenvalue weighted by atomic mass is 16.5. The van der Waals surface area contributed by atoms with Gasteiger partial charge in [0.2, 0.25) is 0 Å². The smallest absolute Gasteiger partial charge is 0.306 e. The molecule has 0 amide bonds. The third kappa shape index (κ3) is 10.6. The summed E-state index contributed by atoms with van der Waals surface area (Å²) >= 11 is 0. The predicted molar refractivity (Wildman–Crippen MR) is 204 cm³/mol. The summed E-state index contributed by atoms with van der Waals surface area (Å²) in [7, 11) is 0. The van der Waals surface area contributed by atoms with Crippen LogP contribution in [-0.2, 0) is 9.53 Å². The molecule has 3 saturated carbocycles. The van der Waals surface area contributed by atoms with E-state index < -0.39 is 0 Å². The molecule has 0 aliphatic heterocycles. The van der Waals surface area contributed by atoms with Gasteiger partial charge in [-0.05, 0) is 117 Å². The Morgan fingerprint density at radius 2 is 1.69 bits per heavy atom. The highest BCUT2D eigenvalue weighted by Crippen LogP contribution is 2.67. The van der Waals surface area contributed by atoms with Gasteiger partial charge in [0.1, 0.15) is 6.10 Å². The number of hydrogen-bond acceptors (Lipinski definition) is 3. The van der Waals surface area contributed by atoms with Crippen molar-refractivity contribution in [1.29, 1.82) is 0 Å². The van der Waals surface area contributed by atoms with Gasteiger partial charge in [-0.15, -0.1) is 0 Å². The number of esters is 1. The number of hydrogen-bond donors (Lipinski definition) is 1. The van der Waals surface area contributed by atoms with Crippen LogP contribution >= 0.6 is 0 Å². The average Bonchev–Trinajstić information content (AvgIpc) is 3.41. The maximum atomic E-state index is 12.8. The molecule has 0 aromatic carbocycles. The fourth-order valence-electron chi connectivity index (χ4n) is 11.1. The number of carbonyl (C=O) groups excluding carboxylic acids is 1. The first-order valence-corrected chi connectivity index (χ1v) is 21.0. The Hall–Kier alpha value is -1.35. The minimum absolute atomic E-state index is 0.00846. The van der Waals surface area contributed by atoms with Gasteiger partial charge in [0, 0.05) is 12.8 Å². The lowest BCUT2D eigenvalue weighted by Crippen LogP contribution is -2.51. The molecule has 0 radical (unpaired) electrons. The molecule has 3 fully saturated rings. The van der Waals surface area contributed by atoms with E-state index in [2.05, 4.69) is 59.8 Å². The van der Waals surface area contributed by atoms with Crippen LogP contribution in [0.25, 0.3) is 0 Å². The SMILES string of the molecule is CCCCC/C=C\C=C\C(O)CCCCCCCC(=O)OC1CC[C@@]2(C)C(=CCC3C4CCC(C(C)CCCC(C)C)[C@@]4(C)CCC32)C1. The van der Waals surface area contributed by atoms with Gasteiger partial charge in [0.25, 0.3) is 0 Å². The van der Waals surface area contributed by atoms with E-state index in [0.717, 1.165) is 93.3 Å². The van der Waals surface area contributed by atoms with Crippen molar-refractivity contribution < 1.29 is 14.6 Å². The summed E-state index contributed by atoms with van der Waals surface area (Å²) in [5.74, 6) is 5.18. The molecule has 4 rings (SSSR count). The van der Waals surface area contributed by atoms with E-state index in [4.69, 9.17) is 4.74 Å². The van der Waals surface area contributed by atoms with Crippen molar-refractivity contribution >= 4 is 5.97 Å². The van der Waals surface area contributed by atoms with E-state index in [-0.39, 0.29) is 18.2 Å². The zero-order valence-electron chi connectivity index (χ0n) is 32.3. The quantitative estimate of drug-likeness (QED) is 0.0610. The van der Waals surface area contributed by atoms with E-state index in [9.17, 15) is 9.90 Å². The molecular formula is C45H76O3. The van der Waals surface area contributed by atoms with Gasteiger partial charge < -0.3 is 9.84 Å². The van der Waals surface area contributed by atoms with Crippen LogP contribution in [0, 0.1) is 46.3 Å². The van der Waals surface area contributed by atoms with Gasteiger partial charge in [-0.2, -0.15) is 0 Å². The van der Waals surface area contributed by atoms with Crippen LogP contribution < -0.4 is 0 Å². The predicted octanol–water partition coefficient (Wildman–Crippen LogP) is 12.7. The van der Waals surface area contributed by atoms with Crippen molar-refractivity contribution in [1.82, 2.24) is 0 Å². The molecule has 4 aliphatic rings. The molecule has 274 valence electrons. The van der Waals surface area contributed by atoms with E-state index in [1.807, 2.05) is 12.2 Å². The van der Waals surface area contributed by atoms with Crippen LogP contribution in [0.2, 0.25) is 0 Å². The summed E-state index contributed by atoms with van der Waals surface area (Å²) in [6.07, 6.45) is 36.4. The number of aliphatic hydroxyl groups excluding tert-OH is 1. The first-order valence-electron chi connectivity index (χ1n) is 21.0. The Morgan fingerprint density at radius 3 is 2.48 bits per heavy atom. The Labute approximate surface area is 297 Å². The maximum Gasteiger partial charge on any atom is 0.306 e. The number of unbranched alkanes of at least 4 members (excludes halogenated alkanes) is 7. The second-order valence-electron chi connectivity index (χ2n) is 17.8. The fraction of sp³-hybridized carbons (Fsp3) is 0.844. The van der Waals surface area contributed by atoms with Crippen LogP contribution in [0.1, 0.15) is 183 Å². The summed E-state index contributed by atoms with van der Waals surface area (Å²) in [6, 6.07) is 0. The first-order chi connectivity index (χ1) is 23.1. The van der Waals surface area contributed by atoms with Gasteiger partial charge in [-0.1, -0.05) is 135 Å². The number of allylic oxidation sites excluding steroid dienone is 4. The van der Waals surface area contributed by atoms with Crippen LogP contribution in [-0.4, -0.2) is 23.3 Å². The lowest BCUT2D eigenvalue weighted by Gasteiger charge is -2.58. The molecule has 0 bridgehead atoms. The van der Waals surface area contributed by atoms with Gasteiger partial charge >= 0.3 is 5.97 Å². The van der Waals surface area contributed by atoms with E-state index in [1.54, 1.807) is 5.57 Å². The normalized spacial score (nSPS) is 33.0. The number of rotatable bonds is 20. The van der Waals surface area contributed by atoms with Crippen molar-refractivity contribution in [2.24, 2.45) is 46.3 Å². The number of ether oxygens (including phenoxy) is 1. The van der Waals surface area contributed by atoms with Crippen LogP contribution in [0.4, 0.5) is 0 Å². The van der Waals surface area contributed by atoms with Crippen molar-refractivity contribution in [3.8, 4) is 0 Å². The van der Waals surface area contributed by atoms with Gasteiger partial charge in [-0.25, -0.2) is 0 Å². The highest BCUT2D eigenvalue weighted by molar-refractivity contribution is 5.69. The molecule has 3 heteroatoms. The van der Waals surface area contributed by atoms with Crippen molar-refractivity contribution in [2.75, 3.05) is 0 Å².